The predicted molar refractivity (Wildman–Crippen MR) is 133 cm³/mol. The molecule has 1 amide bonds. The summed E-state index contributed by atoms with van der Waals surface area (Å²) in [4.78, 5) is 12.2. The van der Waals surface area contributed by atoms with Crippen LogP contribution >= 0.6 is 23.2 Å². The minimum atomic E-state index is -4.67. The lowest BCUT2D eigenvalue weighted by atomic mass is 10.0. The Bertz CT molecular complexity index is 1650. The van der Waals surface area contributed by atoms with Crippen molar-refractivity contribution in [3.05, 3.63) is 105 Å². The van der Waals surface area contributed by atoms with Gasteiger partial charge in [0.15, 0.2) is 0 Å². The van der Waals surface area contributed by atoms with Crippen LogP contribution in [0.4, 0.5) is 17.6 Å². The molecule has 181 valence electrons. The van der Waals surface area contributed by atoms with E-state index in [1.807, 2.05) is 0 Å². The highest BCUT2D eigenvalue weighted by Crippen LogP contribution is 2.39. The van der Waals surface area contributed by atoms with Crippen molar-refractivity contribution < 1.29 is 22.4 Å². The fourth-order valence-electron chi connectivity index (χ4n) is 4.37. The van der Waals surface area contributed by atoms with E-state index in [9.17, 15) is 22.4 Å². The van der Waals surface area contributed by atoms with Crippen LogP contribution in [0.5, 0.6) is 0 Å². The maximum absolute atomic E-state index is 14.8. The maximum atomic E-state index is 14.8. The van der Waals surface area contributed by atoms with Crippen LogP contribution in [0, 0.1) is 11.9 Å². The van der Waals surface area contributed by atoms with Gasteiger partial charge in [0.1, 0.15) is 5.82 Å². The first-order chi connectivity index (χ1) is 17.1. The maximum Gasteiger partial charge on any atom is 0.416 e. The smallest absolute Gasteiger partial charge is 0.366 e. The SMILES string of the molecule is NC(=O)c1cccc2c1c1[c]cc(-c3c(Cl)cccc3Cl)cc1n2Cc1ccc(C(F)(F)F)cc1F. The van der Waals surface area contributed by atoms with Gasteiger partial charge in [0, 0.05) is 37.5 Å². The van der Waals surface area contributed by atoms with E-state index >= 15 is 0 Å². The van der Waals surface area contributed by atoms with Crippen molar-refractivity contribution in [2.75, 3.05) is 0 Å². The van der Waals surface area contributed by atoms with E-state index < -0.39 is 23.5 Å². The van der Waals surface area contributed by atoms with Crippen LogP contribution in [0.1, 0.15) is 21.5 Å². The molecule has 1 radical (unpaired) electrons. The normalized spacial score (nSPS) is 11.9. The van der Waals surface area contributed by atoms with Gasteiger partial charge < -0.3 is 10.3 Å². The van der Waals surface area contributed by atoms with Gasteiger partial charge in [-0.15, -0.1) is 0 Å². The minimum Gasteiger partial charge on any atom is -0.366 e. The number of halogens is 6. The Morgan fingerprint density at radius 2 is 1.67 bits per heavy atom. The molecule has 5 aromatic rings. The van der Waals surface area contributed by atoms with Gasteiger partial charge in [-0.25, -0.2) is 4.39 Å². The molecule has 0 aliphatic carbocycles. The summed E-state index contributed by atoms with van der Waals surface area (Å²) in [5.41, 5.74) is 7.08. The van der Waals surface area contributed by atoms with Gasteiger partial charge >= 0.3 is 6.18 Å². The van der Waals surface area contributed by atoms with Crippen molar-refractivity contribution in [1.82, 2.24) is 4.57 Å². The lowest BCUT2D eigenvalue weighted by molar-refractivity contribution is -0.137. The first-order valence-electron chi connectivity index (χ1n) is 10.6. The number of fused-ring (bicyclic) bond motifs is 3. The molecular weight excluding hydrogens is 515 g/mol. The quantitative estimate of drug-likeness (QED) is 0.236. The largest absolute Gasteiger partial charge is 0.416 e. The third kappa shape index (κ3) is 4.08. The lowest BCUT2D eigenvalue weighted by Crippen LogP contribution is -2.11. The molecule has 2 N–H and O–H groups in total. The van der Waals surface area contributed by atoms with E-state index in [1.54, 1.807) is 53.1 Å². The number of alkyl halides is 3. The molecule has 0 fully saturated rings. The standard InChI is InChI=1S/C27H15Cl2F4N2O/c28-19-4-2-5-20(29)24(19)14-8-10-17-23(11-14)35(22-6-1-3-18(25(17)22)26(34)36)13-15-7-9-16(12-21(15)30)27(31,32)33/h1-9,11-12H,13H2,(H2,34,36). The van der Waals surface area contributed by atoms with E-state index in [0.29, 0.717) is 49.0 Å². The Morgan fingerprint density at radius 3 is 2.31 bits per heavy atom. The molecule has 5 rings (SSSR count). The van der Waals surface area contributed by atoms with Crippen LogP contribution < -0.4 is 5.73 Å². The number of nitrogens with two attached hydrogens (primary N) is 1. The Morgan fingerprint density at radius 1 is 0.972 bits per heavy atom. The summed E-state index contributed by atoms with van der Waals surface area (Å²) >= 11 is 12.8. The van der Waals surface area contributed by atoms with Gasteiger partial charge in [0.25, 0.3) is 0 Å². The molecule has 0 aliphatic heterocycles. The van der Waals surface area contributed by atoms with Crippen molar-refractivity contribution in [3.8, 4) is 11.1 Å². The predicted octanol–water partition coefficient (Wildman–Crippen LogP) is 7.87. The van der Waals surface area contributed by atoms with Gasteiger partial charge in [0.05, 0.1) is 23.1 Å². The Labute approximate surface area is 212 Å². The number of amides is 1. The molecule has 0 atom stereocenters. The number of nitrogens with zero attached hydrogens (tertiary/aromatic N) is 1. The molecule has 0 unspecified atom stereocenters. The topological polar surface area (TPSA) is 48.0 Å². The zero-order valence-corrected chi connectivity index (χ0v) is 19.8. The van der Waals surface area contributed by atoms with E-state index in [-0.39, 0.29) is 17.7 Å². The number of benzene rings is 4. The summed E-state index contributed by atoms with van der Waals surface area (Å²) in [6.45, 7) is -0.111. The van der Waals surface area contributed by atoms with E-state index in [1.165, 1.54) is 0 Å². The Kier molecular flexibility index (Phi) is 5.93. The highest BCUT2D eigenvalue weighted by molar-refractivity contribution is 6.39. The summed E-state index contributed by atoms with van der Waals surface area (Å²) in [6.07, 6.45) is -4.67. The van der Waals surface area contributed by atoms with Crippen molar-refractivity contribution >= 4 is 50.9 Å². The van der Waals surface area contributed by atoms with Crippen LogP contribution in [0.2, 0.25) is 10.0 Å². The zero-order chi connectivity index (χ0) is 25.8. The van der Waals surface area contributed by atoms with E-state index in [0.717, 1.165) is 12.1 Å². The third-order valence-electron chi connectivity index (χ3n) is 6.02. The van der Waals surface area contributed by atoms with Crippen LogP contribution in [0.25, 0.3) is 32.9 Å². The molecular formula is C27H15Cl2F4N2O. The number of hydrogen-bond donors (Lipinski definition) is 1. The number of carbonyl (C=O) groups is 1. The number of hydrogen-bond acceptors (Lipinski definition) is 1. The molecule has 1 heterocycles. The summed E-state index contributed by atoms with van der Waals surface area (Å²) in [5.74, 6) is -1.66. The molecule has 0 saturated carbocycles. The zero-order valence-electron chi connectivity index (χ0n) is 18.3. The van der Waals surface area contributed by atoms with Crippen molar-refractivity contribution in [2.45, 2.75) is 12.7 Å². The lowest BCUT2D eigenvalue weighted by Gasteiger charge is -2.13. The fourth-order valence-corrected chi connectivity index (χ4v) is 4.99. The third-order valence-corrected chi connectivity index (χ3v) is 6.65. The second kappa shape index (κ2) is 8.84. The minimum absolute atomic E-state index is 0.0347. The fraction of sp³-hybridized carbons (Fsp3) is 0.0741. The molecule has 9 heteroatoms. The van der Waals surface area contributed by atoms with Crippen molar-refractivity contribution in [2.24, 2.45) is 5.73 Å². The number of primary amides is 1. The Balaban J connectivity index is 1.78. The second-order valence-corrected chi connectivity index (χ2v) is 9.01. The van der Waals surface area contributed by atoms with Crippen LogP contribution in [0.3, 0.4) is 0 Å². The van der Waals surface area contributed by atoms with Crippen LogP contribution in [0.15, 0.2) is 66.7 Å². The first kappa shape index (κ1) is 24.2. The molecule has 0 aliphatic rings. The molecule has 0 spiro atoms. The van der Waals surface area contributed by atoms with E-state index in [2.05, 4.69) is 6.07 Å². The van der Waals surface area contributed by atoms with Gasteiger partial charge in [-0.3, -0.25) is 4.79 Å². The van der Waals surface area contributed by atoms with E-state index in [4.69, 9.17) is 28.9 Å². The van der Waals surface area contributed by atoms with Crippen molar-refractivity contribution in [1.29, 1.82) is 0 Å². The van der Waals surface area contributed by atoms with Gasteiger partial charge in [-0.05, 0) is 60.2 Å². The second-order valence-electron chi connectivity index (χ2n) is 8.20. The monoisotopic (exact) mass is 529 g/mol. The highest BCUT2D eigenvalue weighted by atomic mass is 35.5. The molecule has 36 heavy (non-hydrogen) atoms. The van der Waals surface area contributed by atoms with Crippen molar-refractivity contribution in [3.63, 3.8) is 0 Å². The number of rotatable bonds is 4. The van der Waals surface area contributed by atoms with Gasteiger partial charge in [0.2, 0.25) is 5.91 Å². The Hall–Kier alpha value is -3.55. The highest BCUT2D eigenvalue weighted by Gasteiger charge is 2.31. The molecule has 1 aromatic heterocycles. The average molecular weight is 530 g/mol. The first-order valence-corrected chi connectivity index (χ1v) is 11.4. The molecule has 3 nitrogen and oxygen atoms in total. The molecule has 4 aromatic carbocycles. The van der Waals surface area contributed by atoms with Gasteiger partial charge in [-0.2, -0.15) is 13.2 Å². The van der Waals surface area contributed by atoms with Crippen LogP contribution in [-0.4, -0.2) is 10.5 Å². The van der Waals surface area contributed by atoms with Crippen LogP contribution in [-0.2, 0) is 12.7 Å². The van der Waals surface area contributed by atoms with Gasteiger partial charge in [-0.1, -0.05) is 41.4 Å². The number of aromatic nitrogens is 1. The molecule has 0 saturated heterocycles. The summed E-state index contributed by atoms with van der Waals surface area (Å²) in [6, 6.07) is 19.0. The summed E-state index contributed by atoms with van der Waals surface area (Å²) in [7, 11) is 0. The summed E-state index contributed by atoms with van der Waals surface area (Å²) in [5, 5.41) is 1.86. The molecule has 0 bridgehead atoms. The average Bonchev–Trinajstić information content (AvgIpc) is 3.12. The summed E-state index contributed by atoms with van der Waals surface area (Å²) < 4.78 is 55.6. The number of carbonyl (C=O) groups excluding carboxylic acids is 1.